The predicted molar refractivity (Wildman–Crippen MR) is 75.2 cm³/mol. The number of aliphatic carboxylic acids is 1. The number of hydrogen-bond donors (Lipinski definition) is 1. The predicted octanol–water partition coefficient (Wildman–Crippen LogP) is 3.24. The van der Waals surface area contributed by atoms with Crippen LogP contribution < -0.4 is 4.90 Å². The summed E-state index contributed by atoms with van der Waals surface area (Å²) in [5.74, 6) is -1.09. The van der Waals surface area contributed by atoms with Gasteiger partial charge in [0.1, 0.15) is 0 Å². The minimum Gasteiger partial charge on any atom is -0.481 e. The lowest BCUT2D eigenvalue weighted by atomic mass is 10.1. The number of aryl methyl sites for hydroxylation is 1. The Kier molecular flexibility index (Phi) is 5.20. The van der Waals surface area contributed by atoms with Crippen molar-refractivity contribution in [1.82, 2.24) is 0 Å². The number of carbonyl (C=O) groups is 1. The van der Waals surface area contributed by atoms with Crippen LogP contribution in [0.3, 0.4) is 0 Å². The Balaban J connectivity index is 2.97. The Morgan fingerprint density at radius 3 is 2.61 bits per heavy atom. The second kappa shape index (κ2) is 6.43. The highest BCUT2D eigenvalue weighted by molar-refractivity contribution is 5.70. The normalized spacial score (nSPS) is 12.2. The molecule has 1 atom stereocenters. The Hall–Kier alpha value is -1.51. The van der Waals surface area contributed by atoms with Crippen LogP contribution in [0.5, 0.6) is 0 Å². The highest BCUT2D eigenvalue weighted by Crippen LogP contribution is 2.23. The largest absolute Gasteiger partial charge is 0.481 e. The topological polar surface area (TPSA) is 40.5 Å². The Labute approximate surface area is 109 Å². The van der Waals surface area contributed by atoms with Crippen LogP contribution in [-0.2, 0) is 4.79 Å². The lowest BCUT2D eigenvalue weighted by Crippen LogP contribution is -2.33. The summed E-state index contributed by atoms with van der Waals surface area (Å²) in [6, 6.07) is 6.20. The monoisotopic (exact) mass is 249 g/mol. The van der Waals surface area contributed by atoms with E-state index in [0.29, 0.717) is 6.54 Å². The van der Waals surface area contributed by atoms with E-state index >= 15 is 0 Å². The number of benzene rings is 1. The summed E-state index contributed by atoms with van der Waals surface area (Å²) in [5.41, 5.74) is 3.64. The molecule has 0 heterocycles. The smallest absolute Gasteiger partial charge is 0.308 e. The lowest BCUT2D eigenvalue weighted by Gasteiger charge is -2.28. The first-order valence-corrected chi connectivity index (χ1v) is 6.51. The first-order valence-electron chi connectivity index (χ1n) is 6.51. The second-order valence-corrected chi connectivity index (χ2v) is 4.90. The average molecular weight is 249 g/mol. The van der Waals surface area contributed by atoms with Crippen molar-refractivity contribution in [2.24, 2.45) is 5.92 Å². The van der Waals surface area contributed by atoms with Gasteiger partial charge in [0.2, 0.25) is 0 Å². The highest BCUT2D eigenvalue weighted by Gasteiger charge is 2.17. The molecule has 1 N–H and O–H groups in total. The first-order chi connectivity index (χ1) is 8.47. The molecule has 1 rings (SSSR count). The third kappa shape index (κ3) is 3.49. The van der Waals surface area contributed by atoms with E-state index in [0.717, 1.165) is 18.7 Å². The molecule has 0 amide bonds. The van der Waals surface area contributed by atoms with Crippen molar-refractivity contribution >= 4 is 11.7 Å². The molecule has 100 valence electrons. The van der Waals surface area contributed by atoms with Gasteiger partial charge in [-0.05, 0) is 37.5 Å². The van der Waals surface area contributed by atoms with Gasteiger partial charge in [-0.1, -0.05) is 26.0 Å². The minimum absolute atomic E-state index is 0.350. The Bertz CT molecular complexity index is 415. The van der Waals surface area contributed by atoms with Crippen molar-refractivity contribution in [1.29, 1.82) is 0 Å². The standard InChI is InChI=1S/C15H23NO2/c1-5-9-16(10-12(3)15(17)18)14-8-6-7-11(2)13(14)4/h6-8,12H,5,9-10H2,1-4H3,(H,17,18). The van der Waals surface area contributed by atoms with E-state index in [1.54, 1.807) is 6.92 Å². The Morgan fingerprint density at radius 2 is 2.06 bits per heavy atom. The van der Waals surface area contributed by atoms with E-state index in [2.05, 4.69) is 37.8 Å². The maximum absolute atomic E-state index is 11.0. The maximum atomic E-state index is 11.0. The summed E-state index contributed by atoms with van der Waals surface area (Å²) in [6.07, 6.45) is 1.01. The zero-order valence-corrected chi connectivity index (χ0v) is 11.7. The fraction of sp³-hybridized carbons (Fsp3) is 0.533. The molecule has 0 spiro atoms. The van der Waals surface area contributed by atoms with Gasteiger partial charge < -0.3 is 10.0 Å². The van der Waals surface area contributed by atoms with Gasteiger partial charge in [0.15, 0.2) is 0 Å². The molecule has 3 heteroatoms. The van der Waals surface area contributed by atoms with Gasteiger partial charge >= 0.3 is 5.97 Å². The fourth-order valence-corrected chi connectivity index (χ4v) is 2.07. The number of rotatable bonds is 6. The lowest BCUT2D eigenvalue weighted by molar-refractivity contribution is -0.140. The van der Waals surface area contributed by atoms with Gasteiger partial charge in [0.05, 0.1) is 5.92 Å². The summed E-state index contributed by atoms with van der Waals surface area (Å²) in [4.78, 5) is 13.2. The molecule has 0 saturated carbocycles. The van der Waals surface area contributed by atoms with Crippen molar-refractivity contribution in [2.45, 2.75) is 34.1 Å². The molecule has 0 aromatic heterocycles. The van der Waals surface area contributed by atoms with E-state index in [1.165, 1.54) is 11.1 Å². The minimum atomic E-state index is -0.735. The van der Waals surface area contributed by atoms with E-state index in [1.807, 2.05) is 6.07 Å². The van der Waals surface area contributed by atoms with Crippen LogP contribution in [0.1, 0.15) is 31.4 Å². The average Bonchev–Trinajstić information content (AvgIpc) is 2.32. The van der Waals surface area contributed by atoms with Gasteiger partial charge in [-0.15, -0.1) is 0 Å². The summed E-state index contributed by atoms with van der Waals surface area (Å²) in [5, 5.41) is 9.04. The molecule has 0 radical (unpaired) electrons. The quantitative estimate of drug-likeness (QED) is 0.841. The van der Waals surface area contributed by atoms with Crippen molar-refractivity contribution < 1.29 is 9.90 Å². The second-order valence-electron chi connectivity index (χ2n) is 4.90. The molecular weight excluding hydrogens is 226 g/mol. The molecule has 0 fully saturated rings. The SMILES string of the molecule is CCCN(CC(C)C(=O)O)c1cccc(C)c1C. The molecule has 0 aliphatic heterocycles. The summed E-state index contributed by atoms with van der Waals surface area (Å²) >= 11 is 0. The molecule has 0 saturated heterocycles. The van der Waals surface area contributed by atoms with E-state index in [4.69, 9.17) is 5.11 Å². The number of carboxylic acids is 1. The molecule has 18 heavy (non-hydrogen) atoms. The molecule has 3 nitrogen and oxygen atoms in total. The van der Waals surface area contributed by atoms with Crippen LogP contribution in [0.4, 0.5) is 5.69 Å². The van der Waals surface area contributed by atoms with Crippen LogP contribution in [0, 0.1) is 19.8 Å². The Morgan fingerprint density at radius 1 is 1.39 bits per heavy atom. The van der Waals surface area contributed by atoms with Gasteiger partial charge in [-0.2, -0.15) is 0 Å². The third-order valence-corrected chi connectivity index (χ3v) is 3.33. The van der Waals surface area contributed by atoms with E-state index in [9.17, 15) is 4.79 Å². The molecule has 1 aromatic rings. The van der Waals surface area contributed by atoms with Gasteiger partial charge in [-0.3, -0.25) is 4.79 Å². The number of anilines is 1. The first kappa shape index (κ1) is 14.6. The van der Waals surface area contributed by atoms with Crippen molar-refractivity contribution in [3.05, 3.63) is 29.3 Å². The van der Waals surface area contributed by atoms with Crippen LogP contribution in [0.15, 0.2) is 18.2 Å². The fourth-order valence-electron chi connectivity index (χ4n) is 2.07. The highest BCUT2D eigenvalue weighted by atomic mass is 16.4. The zero-order valence-electron chi connectivity index (χ0n) is 11.7. The van der Waals surface area contributed by atoms with Crippen molar-refractivity contribution in [3.8, 4) is 0 Å². The van der Waals surface area contributed by atoms with Gasteiger partial charge in [-0.25, -0.2) is 0 Å². The van der Waals surface area contributed by atoms with Crippen molar-refractivity contribution in [2.75, 3.05) is 18.0 Å². The molecule has 0 bridgehead atoms. The third-order valence-electron chi connectivity index (χ3n) is 3.33. The van der Waals surface area contributed by atoms with E-state index < -0.39 is 5.97 Å². The summed E-state index contributed by atoms with van der Waals surface area (Å²) in [6.45, 7) is 9.51. The maximum Gasteiger partial charge on any atom is 0.308 e. The molecule has 1 unspecified atom stereocenters. The summed E-state index contributed by atoms with van der Waals surface area (Å²) in [7, 11) is 0. The molecular formula is C15H23NO2. The molecule has 1 aromatic carbocycles. The van der Waals surface area contributed by atoms with Crippen molar-refractivity contribution in [3.63, 3.8) is 0 Å². The van der Waals surface area contributed by atoms with Gasteiger partial charge in [0.25, 0.3) is 0 Å². The van der Waals surface area contributed by atoms with Crippen LogP contribution >= 0.6 is 0 Å². The zero-order chi connectivity index (χ0) is 13.7. The van der Waals surface area contributed by atoms with Crippen LogP contribution in [0.25, 0.3) is 0 Å². The molecule has 0 aliphatic rings. The van der Waals surface area contributed by atoms with Gasteiger partial charge in [0, 0.05) is 18.8 Å². The number of carboxylic acid groups (broad SMARTS) is 1. The summed E-state index contributed by atoms with van der Waals surface area (Å²) < 4.78 is 0. The number of nitrogens with zero attached hydrogens (tertiary/aromatic N) is 1. The van der Waals surface area contributed by atoms with E-state index in [-0.39, 0.29) is 5.92 Å². The molecule has 0 aliphatic carbocycles. The van der Waals surface area contributed by atoms with Crippen LogP contribution in [-0.4, -0.2) is 24.2 Å². The van der Waals surface area contributed by atoms with Crippen LogP contribution in [0.2, 0.25) is 0 Å². The number of hydrogen-bond acceptors (Lipinski definition) is 2.